The van der Waals surface area contributed by atoms with Gasteiger partial charge in [0.2, 0.25) is 0 Å². The second-order valence-electron chi connectivity index (χ2n) is 5.15. The standard InChI is InChI=1S/C13H24N4/c1-12(2)16-10-5-13(11-16)14-6-3-8-17-9-4-7-15-17/h4,7,9,12-14H,3,5-6,8,10-11H2,1-2H3. The van der Waals surface area contributed by atoms with Crippen molar-refractivity contribution in [1.29, 1.82) is 0 Å². The highest BCUT2D eigenvalue weighted by Crippen LogP contribution is 2.12. The van der Waals surface area contributed by atoms with E-state index in [2.05, 4.69) is 29.2 Å². The molecule has 0 bridgehead atoms. The van der Waals surface area contributed by atoms with E-state index in [1.165, 1.54) is 19.5 Å². The van der Waals surface area contributed by atoms with E-state index in [0.29, 0.717) is 12.1 Å². The molecule has 96 valence electrons. The Morgan fingerprint density at radius 1 is 1.47 bits per heavy atom. The second kappa shape index (κ2) is 6.17. The molecule has 4 nitrogen and oxygen atoms in total. The van der Waals surface area contributed by atoms with Crippen LogP contribution in [0.5, 0.6) is 0 Å². The van der Waals surface area contributed by atoms with Crippen LogP contribution < -0.4 is 5.32 Å². The first kappa shape index (κ1) is 12.6. The van der Waals surface area contributed by atoms with Gasteiger partial charge in [0.15, 0.2) is 0 Å². The lowest BCUT2D eigenvalue weighted by Gasteiger charge is -2.20. The fraction of sp³-hybridized carbons (Fsp3) is 0.769. The quantitative estimate of drug-likeness (QED) is 0.757. The first-order chi connectivity index (χ1) is 8.25. The topological polar surface area (TPSA) is 33.1 Å². The van der Waals surface area contributed by atoms with Gasteiger partial charge in [-0.2, -0.15) is 5.10 Å². The smallest absolute Gasteiger partial charge is 0.0489 e. The number of aromatic nitrogens is 2. The minimum Gasteiger partial charge on any atom is -0.313 e. The predicted molar refractivity (Wildman–Crippen MR) is 70.0 cm³/mol. The van der Waals surface area contributed by atoms with Gasteiger partial charge in [-0.25, -0.2) is 0 Å². The second-order valence-corrected chi connectivity index (χ2v) is 5.15. The molecule has 1 aliphatic rings. The molecule has 0 aliphatic carbocycles. The summed E-state index contributed by atoms with van der Waals surface area (Å²) in [5, 5.41) is 7.85. The van der Waals surface area contributed by atoms with E-state index in [0.717, 1.165) is 19.5 Å². The van der Waals surface area contributed by atoms with Crippen LogP contribution in [0.25, 0.3) is 0 Å². The van der Waals surface area contributed by atoms with Crippen molar-refractivity contribution in [3.8, 4) is 0 Å². The average molecular weight is 236 g/mol. The van der Waals surface area contributed by atoms with Crippen LogP contribution in [0.15, 0.2) is 18.5 Å². The fourth-order valence-electron chi connectivity index (χ4n) is 2.40. The Bertz CT molecular complexity index is 307. The van der Waals surface area contributed by atoms with Gasteiger partial charge in [-0.3, -0.25) is 9.58 Å². The summed E-state index contributed by atoms with van der Waals surface area (Å²) in [6.07, 6.45) is 6.31. The van der Waals surface area contributed by atoms with Gasteiger partial charge in [0.25, 0.3) is 0 Å². The Morgan fingerprint density at radius 2 is 2.35 bits per heavy atom. The number of likely N-dealkylation sites (tertiary alicyclic amines) is 1. The van der Waals surface area contributed by atoms with E-state index in [9.17, 15) is 0 Å². The molecule has 2 heterocycles. The van der Waals surface area contributed by atoms with Gasteiger partial charge in [-0.05, 0) is 45.8 Å². The van der Waals surface area contributed by atoms with Gasteiger partial charge in [-0.1, -0.05) is 0 Å². The van der Waals surface area contributed by atoms with Crippen LogP contribution in [0.1, 0.15) is 26.7 Å². The molecule has 1 saturated heterocycles. The molecule has 0 amide bonds. The van der Waals surface area contributed by atoms with Crippen molar-refractivity contribution in [2.24, 2.45) is 0 Å². The average Bonchev–Trinajstić information content (AvgIpc) is 2.96. The van der Waals surface area contributed by atoms with Crippen molar-refractivity contribution in [3.63, 3.8) is 0 Å². The molecular formula is C13H24N4. The highest BCUT2D eigenvalue weighted by molar-refractivity contribution is 4.82. The number of nitrogens with one attached hydrogen (secondary N) is 1. The molecule has 1 aliphatic heterocycles. The van der Waals surface area contributed by atoms with Crippen molar-refractivity contribution in [2.75, 3.05) is 19.6 Å². The predicted octanol–water partition coefficient (Wildman–Crippen LogP) is 1.35. The van der Waals surface area contributed by atoms with Gasteiger partial charge >= 0.3 is 0 Å². The summed E-state index contributed by atoms with van der Waals surface area (Å²) in [7, 11) is 0. The summed E-state index contributed by atoms with van der Waals surface area (Å²) in [4.78, 5) is 2.55. The monoisotopic (exact) mass is 236 g/mol. The molecular weight excluding hydrogens is 212 g/mol. The van der Waals surface area contributed by atoms with Crippen molar-refractivity contribution < 1.29 is 0 Å². The van der Waals surface area contributed by atoms with Crippen LogP contribution in [-0.2, 0) is 6.54 Å². The molecule has 1 fully saturated rings. The summed E-state index contributed by atoms with van der Waals surface area (Å²) in [5.41, 5.74) is 0. The summed E-state index contributed by atoms with van der Waals surface area (Å²) in [6, 6.07) is 3.35. The van der Waals surface area contributed by atoms with Crippen LogP contribution in [0, 0.1) is 0 Å². The van der Waals surface area contributed by atoms with Gasteiger partial charge in [0, 0.05) is 37.6 Å². The molecule has 2 rings (SSSR count). The molecule has 1 N–H and O–H groups in total. The van der Waals surface area contributed by atoms with E-state index in [4.69, 9.17) is 0 Å². The molecule has 0 radical (unpaired) electrons. The Morgan fingerprint density at radius 3 is 3.00 bits per heavy atom. The zero-order valence-electron chi connectivity index (χ0n) is 11.0. The number of nitrogens with zero attached hydrogens (tertiary/aromatic N) is 3. The van der Waals surface area contributed by atoms with E-state index >= 15 is 0 Å². The molecule has 0 spiro atoms. The highest BCUT2D eigenvalue weighted by atomic mass is 15.3. The van der Waals surface area contributed by atoms with Crippen molar-refractivity contribution in [1.82, 2.24) is 20.0 Å². The fourth-order valence-corrected chi connectivity index (χ4v) is 2.40. The number of rotatable bonds is 6. The highest BCUT2D eigenvalue weighted by Gasteiger charge is 2.23. The Kier molecular flexibility index (Phi) is 4.57. The van der Waals surface area contributed by atoms with Gasteiger partial charge in [-0.15, -0.1) is 0 Å². The Hall–Kier alpha value is -0.870. The summed E-state index contributed by atoms with van der Waals surface area (Å²) >= 11 is 0. The zero-order chi connectivity index (χ0) is 12.1. The third kappa shape index (κ3) is 3.82. The molecule has 4 heteroatoms. The molecule has 0 aromatic carbocycles. The summed E-state index contributed by atoms with van der Waals surface area (Å²) in [5.74, 6) is 0. The van der Waals surface area contributed by atoms with Crippen molar-refractivity contribution in [2.45, 2.75) is 45.3 Å². The van der Waals surface area contributed by atoms with E-state index in [-0.39, 0.29) is 0 Å². The minimum atomic E-state index is 0.686. The third-order valence-corrected chi connectivity index (χ3v) is 3.51. The lowest BCUT2D eigenvalue weighted by molar-refractivity contribution is 0.268. The molecule has 1 unspecified atom stereocenters. The maximum absolute atomic E-state index is 4.20. The normalized spacial score (nSPS) is 21.5. The SMILES string of the molecule is CC(C)N1CCC(NCCCn2cccn2)C1. The largest absolute Gasteiger partial charge is 0.313 e. The molecule has 1 aromatic rings. The number of hydrogen-bond acceptors (Lipinski definition) is 3. The van der Waals surface area contributed by atoms with Crippen LogP contribution in [-0.4, -0.2) is 46.4 Å². The van der Waals surface area contributed by atoms with E-state index in [1.54, 1.807) is 0 Å². The van der Waals surface area contributed by atoms with Crippen molar-refractivity contribution >= 4 is 0 Å². The van der Waals surface area contributed by atoms with Gasteiger partial charge in [0.1, 0.15) is 0 Å². The Balaban J connectivity index is 1.57. The Labute approximate surface area is 104 Å². The number of hydrogen-bond donors (Lipinski definition) is 1. The van der Waals surface area contributed by atoms with Crippen LogP contribution >= 0.6 is 0 Å². The zero-order valence-corrected chi connectivity index (χ0v) is 11.0. The first-order valence-electron chi connectivity index (χ1n) is 6.70. The lowest BCUT2D eigenvalue weighted by Crippen LogP contribution is -2.35. The van der Waals surface area contributed by atoms with Gasteiger partial charge in [0.05, 0.1) is 0 Å². The maximum atomic E-state index is 4.20. The summed E-state index contributed by atoms with van der Waals surface area (Å²) < 4.78 is 2.00. The summed E-state index contributed by atoms with van der Waals surface area (Å²) in [6.45, 7) is 9.12. The maximum Gasteiger partial charge on any atom is 0.0489 e. The van der Waals surface area contributed by atoms with E-state index < -0.39 is 0 Å². The van der Waals surface area contributed by atoms with Crippen molar-refractivity contribution in [3.05, 3.63) is 18.5 Å². The molecule has 0 saturated carbocycles. The van der Waals surface area contributed by atoms with Crippen LogP contribution in [0.2, 0.25) is 0 Å². The lowest BCUT2D eigenvalue weighted by atomic mass is 10.2. The van der Waals surface area contributed by atoms with Crippen LogP contribution in [0.4, 0.5) is 0 Å². The van der Waals surface area contributed by atoms with Crippen LogP contribution in [0.3, 0.4) is 0 Å². The molecule has 17 heavy (non-hydrogen) atoms. The first-order valence-corrected chi connectivity index (χ1v) is 6.70. The number of aryl methyl sites for hydroxylation is 1. The van der Waals surface area contributed by atoms with E-state index in [1.807, 2.05) is 23.1 Å². The molecule has 1 aromatic heterocycles. The minimum absolute atomic E-state index is 0.686. The van der Waals surface area contributed by atoms with Gasteiger partial charge < -0.3 is 5.32 Å². The molecule has 1 atom stereocenters. The third-order valence-electron chi connectivity index (χ3n) is 3.51.